The monoisotopic (exact) mass is 401 g/mol. The summed E-state index contributed by atoms with van der Waals surface area (Å²) in [5, 5.41) is 5.62. The molecule has 1 atom stereocenters. The molecule has 0 saturated heterocycles. The lowest BCUT2D eigenvalue weighted by atomic mass is 10.1. The maximum atomic E-state index is 12.4. The number of nitrogens with one attached hydrogen (secondary N) is 2. The predicted molar refractivity (Wildman–Crippen MR) is 113 cm³/mol. The zero-order valence-corrected chi connectivity index (χ0v) is 17.1. The quantitative estimate of drug-likeness (QED) is 0.630. The lowest BCUT2D eigenvalue weighted by Gasteiger charge is -2.16. The molecule has 28 heavy (non-hydrogen) atoms. The van der Waals surface area contributed by atoms with Crippen LogP contribution in [0, 0.1) is 0 Å². The first-order valence-corrected chi connectivity index (χ1v) is 10.6. The molecule has 2 N–H and O–H groups in total. The lowest BCUT2D eigenvalue weighted by molar-refractivity contribution is 0.248. The molecule has 6 nitrogen and oxygen atoms in total. The van der Waals surface area contributed by atoms with Crippen molar-refractivity contribution in [2.45, 2.75) is 30.7 Å². The van der Waals surface area contributed by atoms with Gasteiger partial charge in [-0.25, -0.2) is 13.2 Å². The van der Waals surface area contributed by atoms with E-state index in [1.54, 1.807) is 12.1 Å². The number of carbonyl (C=O) groups excluding carboxylic acids is 1. The number of hydrogen-bond donors (Lipinski definition) is 2. The van der Waals surface area contributed by atoms with Crippen molar-refractivity contribution in [3.63, 3.8) is 0 Å². The fourth-order valence-electron chi connectivity index (χ4n) is 2.66. The molecule has 0 heterocycles. The van der Waals surface area contributed by atoms with Crippen molar-refractivity contribution < 1.29 is 13.2 Å². The van der Waals surface area contributed by atoms with Gasteiger partial charge in [-0.05, 0) is 49.6 Å². The van der Waals surface area contributed by atoms with Gasteiger partial charge in [-0.1, -0.05) is 36.4 Å². The number of sulfonamides is 1. The number of nitrogens with zero attached hydrogens (tertiary/aromatic N) is 1. The van der Waals surface area contributed by atoms with Crippen LogP contribution in [0.2, 0.25) is 0 Å². The first kappa shape index (κ1) is 21.7. The summed E-state index contributed by atoms with van der Waals surface area (Å²) in [7, 11) is -2.07. The summed E-state index contributed by atoms with van der Waals surface area (Å²) in [5.41, 5.74) is 1.76. The Labute approximate surface area is 167 Å². The van der Waals surface area contributed by atoms with Crippen LogP contribution in [-0.4, -0.2) is 38.4 Å². The molecular formula is C21H27N3O3S. The standard InChI is InChI=1S/C21H27N3O3S/c1-4-16-24(3)28(26,27)20-14-12-19(13-15-20)23-21(25)22-17(2)10-11-18-8-6-5-7-9-18/h4-9,12-15,17H,1,10-11,16H2,2-3H3,(H2,22,23,25). The Kier molecular flexibility index (Phi) is 7.78. The Hall–Kier alpha value is -2.64. The van der Waals surface area contributed by atoms with Crippen molar-refractivity contribution in [3.8, 4) is 0 Å². The summed E-state index contributed by atoms with van der Waals surface area (Å²) in [5.74, 6) is 0. The molecule has 0 aliphatic rings. The summed E-state index contributed by atoms with van der Waals surface area (Å²) < 4.78 is 25.9. The van der Waals surface area contributed by atoms with E-state index in [4.69, 9.17) is 0 Å². The molecule has 0 spiro atoms. The van der Waals surface area contributed by atoms with Crippen molar-refractivity contribution in [1.29, 1.82) is 0 Å². The van der Waals surface area contributed by atoms with E-state index in [0.29, 0.717) is 5.69 Å². The number of hydrogen-bond acceptors (Lipinski definition) is 3. The molecule has 7 heteroatoms. The maximum absolute atomic E-state index is 12.4. The van der Waals surface area contributed by atoms with E-state index in [2.05, 4.69) is 29.3 Å². The van der Waals surface area contributed by atoms with E-state index in [1.807, 2.05) is 25.1 Å². The highest BCUT2D eigenvalue weighted by Gasteiger charge is 2.19. The number of amides is 2. The van der Waals surface area contributed by atoms with E-state index in [0.717, 1.165) is 12.8 Å². The molecule has 1 unspecified atom stereocenters. The van der Waals surface area contributed by atoms with Crippen LogP contribution in [-0.2, 0) is 16.4 Å². The molecule has 2 aromatic rings. The highest BCUT2D eigenvalue weighted by atomic mass is 32.2. The molecule has 0 aliphatic carbocycles. The van der Waals surface area contributed by atoms with Gasteiger partial charge in [0.2, 0.25) is 10.0 Å². The molecule has 0 fully saturated rings. The fraction of sp³-hybridized carbons (Fsp3) is 0.286. The van der Waals surface area contributed by atoms with Crippen LogP contribution in [0.15, 0.2) is 72.1 Å². The van der Waals surface area contributed by atoms with Crippen molar-refractivity contribution in [2.24, 2.45) is 0 Å². The van der Waals surface area contributed by atoms with Gasteiger partial charge in [0, 0.05) is 25.3 Å². The first-order valence-electron chi connectivity index (χ1n) is 9.11. The smallest absolute Gasteiger partial charge is 0.319 e. The van der Waals surface area contributed by atoms with Crippen LogP contribution in [0.3, 0.4) is 0 Å². The molecule has 2 rings (SSSR count). The number of rotatable bonds is 9. The zero-order chi connectivity index (χ0) is 20.6. The van der Waals surface area contributed by atoms with Crippen LogP contribution >= 0.6 is 0 Å². The molecular weight excluding hydrogens is 374 g/mol. The Balaban J connectivity index is 1.87. The Morgan fingerprint density at radius 2 is 1.79 bits per heavy atom. The topological polar surface area (TPSA) is 78.5 Å². The molecule has 0 aliphatic heterocycles. The number of aryl methyl sites for hydroxylation is 1. The average Bonchev–Trinajstić information content (AvgIpc) is 2.67. The minimum Gasteiger partial charge on any atom is -0.335 e. The van der Waals surface area contributed by atoms with Gasteiger partial charge >= 0.3 is 6.03 Å². The van der Waals surface area contributed by atoms with Gasteiger partial charge in [0.15, 0.2) is 0 Å². The molecule has 0 saturated carbocycles. The lowest BCUT2D eigenvalue weighted by Crippen LogP contribution is -2.36. The predicted octanol–water partition coefficient (Wildman–Crippen LogP) is 3.64. The highest BCUT2D eigenvalue weighted by molar-refractivity contribution is 7.89. The number of likely N-dealkylation sites (N-methyl/N-ethyl adjacent to an activating group) is 1. The van der Waals surface area contributed by atoms with E-state index in [1.165, 1.54) is 35.1 Å². The van der Waals surface area contributed by atoms with Gasteiger partial charge in [0.25, 0.3) is 0 Å². The second-order valence-electron chi connectivity index (χ2n) is 6.62. The SMILES string of the molecule is C=CCN(C)S(=O)(=O)c1ccc(NC(=O)NC(C)CCc2ccccc2)cc1. The van der Waals surface area contributed by atoms with Crippen LogP contribution in [0.1, 0.15) is 18.9 Å². The van der Waals surface area contributed by atoms with Gasteiger partial charge in [0.05, 0.1) is 4.90 Å². The summed E-state index contributed by atoms with van der Waals surface area (Å²) in [6.07, 6.45) is 3.23. The van der Waals surface area contributed by atoms with E-state index < -0.39 is 10.0 Å². The minimum atomic E-state index is -3.57. The summed E-state index contributed by atoms with van der Waals surface area (Å²) in [6.45, 7) is 5.73. The number of carbonyl (C=O) groups is 1. The molecule has 0 aromatic heterocycles. The Morgan fingerprint density at radius 1 is 1.14 bits per heavy atom. The van der Waals surface area contributed by atoms with E-state index >= 15 is 0 Å². The van der Waals surface area contributed by atoms with E-state index in [9.17, 15) is 13.2 Å². The summed E-state index contributed by atoms with van der Waals surface area (Å²) in [4.78, 5) is 12.3. The molecule has 150 valence electrons. The Morgan fingerprint density at radius 3 is 2.39 bits per heavy atom. The van der Waals surface area contributed by atoms with Gasteiger partial charge in [-0.15, -0.1) is 6.58 Å². The fourth-order valence-corrected chi connectivity index (χ4v) is 3.80. The zero-order valence-electron chi connectivity index (χ0n) is 16.3. The molecule has 0 bridgehead atoms. The van der Waals surface area contributed by atoms with Crippen LogP contribution in [0.4, 0.5) is 10.5 Å². The van der Waals surface area contributed by atoms with Crippen LogP contribution in [0.5, 0.6) is 0 Å². The average molecular weight is 402 g/mol. The van der Waals surface area contributed by atoms with E-state index in [-0.39, 0.29) is 23.5 Å². The third kappa shape index (κ3) is 6.21. The van der Waals surface area contributed by atoms with Crippen molar-refractivity contribution in [1.82, 2.24) is 9.62 Å². The third-order valence-electron chi connectivity index (χ3n) is 4.29. The minimum absolute atomic E-state index is 0.00686. The van der Waals surface area contributed by atoms with Gasteiger partial charge < -0.3 is 10.6 Å². The second kappa shape index (κ2) is 10.1. The third-order valence-corrected chi connectivity index (χ3v) is 6.13. The number of benzene rings is 2. The Bertz CT molecular complexity index is 881. The molecule has 2 aromatic carbocycles. The van der Waals surface area contributed by atoms with Crippen molar-refractivity contribution in [2.75, 3.05) is 18.9 Å². The normalized spacial score (nSPS) is 12.4. The summed E-state index contributed by atoms with van der Waals surface area (Å²) in [6, 6.07) is 15.9. The van der Waals surface area contributed by atoms with Gasteiger partial charge in [0.1, 0.15) is 0 Å². The second-order valence-corrected chi connectivity index (χ2v) is 8.67. The largest absolute Gasteiger partial charge is 0.335 e. The van der Waals surface area contributed by atoms with Crippen LogP contribution < -0.4 is 10.6 Å². The van der Waals surface area contributed by atoms with Gasteiger partial charge in [-0.2, -0.15) is 4.31 Å². The first-order chi connectivity index (χ1) is 13.3. The van der Waals surface area contributed by atoms with Crippen molar-refractivity contribution >= 4 is 21.7 Å². The van der Waals surface area contributed by atoms with Crippen LogP contribution in [0.25, 0.3) is 0 Å². The van der Waals surface area contributed by atoms with Gasteiger partial charge in [-0.3, -0.25) is 0 Å². The number of anilines is 1. The number of urea groups is 1. The summed E-state index contributed by atoms with van der Waals surface area (Å²) >= 11 is 0. The molecule has 0 radical (unpaired) electrons. The van der Waals surface area contributed by atoms with Crippen molar-refractivity contribution in [3.05, 3.63) is 72.8 Å². The molecule has 2 amide bonds. The maximum Gasteiger partial charge on any atom is 0.319 e. The highest BCUT2D eigenvalue weighted by Crippen LogP contribution is 2.17.